The maximum Gasteiger partial charge on any atom is 0.282 e. The summed E-state index contributed by atoms with van der Waals surface area (Å²) in [6.45, 7) is 0. The zero-order valence-electron chi connectivity index (χ0n) is 15.0. The van der Waals surface area contributed by atoms with E-state index in [-0.39, 0.29) is 11.5 Å². The number of aromatic nitrogens is 2. The molecule has 7 heteroatoms. The maximum absolute atomic E-state index is 13.2. The highest BCUT2D eigenvalue weighted by atomic mass is 79.9. The molecule has 4 nitrogen and oxygen atoms in total. The molecule has 0 spiro atoms. The van der Waals surface area contributed by atoms with E-state index in [0.717, 1.165) is 36.0 Å². The Kier molecular flexibility index (Phi) is 5.85. The van der Waals surface area contributed by atoms with Gasteiger partial charge in [-0.2, -0.15) is 9.78 Å². The van der Waals surface area contributed by atoms with Crippen molar-refractivity contribution >= 4 is 56.2 Å². The molecule has 0 amide bonds. The zero-order chi connectivity index (χ0) is 19.7. The first kappa shape index (κ1) is 19.6. The van der Waals surface area contributed by atoms with Crippen molar-refractivity contribution < 1.29 is 0 Å². The molecule has 0 bridgehead atoms. The minimum absolute atomic E-state index is 0.173. The van der Waals surface area contributed by atoms with E-state index in [1.54, 1.807) is 30.5 Å². The molecule has 0 N–H and O–H groups in total. The van der Waals surface area contributed by atoms with Gasteiger partial charge < -0.3 is 0 Å². The highest BCUT2D eigenvalue weighted by Gasteiger charge is 2.22. The first-order valence-corrected chi connectivity index (χ1v) is 10.8. The number of benzene rings is 2. The fourth-order valence-electron chi connectivity index (χ4n) is 3.63. The molecule has 0 unspecified atom stereocenters. The molecule has 1 saturated carbocycles. The summed E-state index contributed by atoms with van der Waals surface area (Å²) < 4.78 is 2.27. The average Bonchev–Trinajstić information content (AvgIpc) is 2.69. The Bertz CT molecular complexity index is 1120. The van der Waals surface area contributed by atoms with Gasteiger partial charge in [0.05, 0.1) is 22.1 Å². The Morgan fingerprint density at radius 3 is 2.64 bits per heavy atom. The van der Waals surface area contributed by atoms with Crippen molar-refractivity contribution in [3.8, 4) is 0 Å². The Hall–Kier alpha value is -1.69. The van der Waals surface area contributed by atoms with Gasteiger partial charge in [0.1, 0.15) is 5.82 Å². The average molecular weight is 479 g/mol. The topological polar surface area (TPSA) is 47.2 Å². The van der Waals surface area contributed by atoms with Crippen LogP contribution in [0.25, 0.3) is 10.9 Å². The Morgan fingerprint density at radius 1 is 1.11 bits per heavy atom. The van der Waals surface area contributed by atoms with E-state index >= 15 is 0 Å². The van der Waals surface area contributed by atoms with E-state index in [1.165, 1.54) is 11.1 Å². The summed E-state index contributed by atoms with van der Waals surface area (Å²) in [6, 6.07) is 10.7. The Labute approximate surface area is 181 Å². The first-order chi connectivity index (χ1) is 13.5. The van der Waals surface area contributed by atoms with Gasteiger partial charge in [-0.25, -0.2) is 4.98 Å². The van der Waals surface area contributed by atoms with Crippen LogP contribution in [0.4, 0.5) is 0 Å². The van der Waals surface area contributed by atoms with Crippen LogP contribution in [0.5, 0.6) is 0 Å². The quantitative estimate of drug-likeness (QED) is 0.409. The Balaban J connectivity index is 1.87. The van der Waals surface area contributed by atoms with Crippen molar-refractivity contribution in [2.45, 2.75) is 38.0 Å². The third-order valence-corrected chi connectivity index (χ3v) is 6.13. The largest absolute Gasteiger partial charge is 0.282 e. The van der Waals surface area contributed by atoms with Gasteiger partial charge in [-0.15, -0.1) is 0 Å². The van der Waals surface area contributed by atoms with Gasteiger partial charge >= 0.3 is 0 Å². The van der Waals surface area contributed by atoms with Crippen molar-refractivity contribution in [1.82, 2.24) is 9.66 Å². The number of hydrogen-bond acceptors (Lipinski definition) is 3. The van der Waals surface area contributed by atoms with Gasteiger partial charge in [0.2, 0.25) is 0 Å². The second-order valence-electron chi connectivity index (χ2n) is 6.99. The summed E-state index contributed by atoms with van der Waals surface area (Å²) in [5.74, 6) is 0.952. The molecule has 0 radical (unpaired) electrons. The van der Waals surface area contributed by atoms with Crippen LogP contribution >= 0.6 is 39.1 Å². The molecular formula is C21H18BrCl2N3O. The molecule has 4 rings (SSSR count). The molecule has 0 atom stereocenters. The van der Waals surface area contributed by atoms with Crippen LogP contribution < -0.4 is 5.56 Å². The summed E-state index contributed by atoms with van der Waals surface area (Å²) in [7, 11) is 0. The predicted molar refractivity (Wildman–Crippen MR) is 119 cm³/mol. The highest BCUT2D eigenvalue weighted by molar-refractivity contribution is 9.10. The lowest BCUT2D eigenvalue weighted by molar-refractivity contribution is 0.416. The third kappa shape index (κ3) is 4.02. The molecule has 0 aliphatic heterocycles. The van der Waals surface area contributed by atoms with Gasteiger partial charge in [0.15, 0.2) is 0 Å². The van der Waals surface area contributed by atoms with Crippen molar-refractivity contribution in [2.24, 2.45) is 5.10 Å². The van der Waals surface area contributed by atoms with Crippen LogP contribution in [-0.2, 0) is 0 Å². The van der Waals surface area contributed by atoms with Crippen LogP contribution in [0.15, 0.2) is 50.8 Å². The molecule has 1 aromatic heterocycles. The fraction of sp³-hybridized carbons (Fsp3) is 0.286. The van der Waals surface area contributed by atoms with E-state index in [0.29, 0.717) is 26.5 Å². The molecule has 2 aromatic carbocycles. The zero-order valence-corrected chi connectivity index (χ0v) is 18.1. The molecular weight excluding hydrogens is 461 g/mol. The molecule has 1 aliphatic carbocycles. The van der Waals surface area contributed by atoms with Gasteiger partial charge in [0, 0.05) is 21.0 Å². The minimum atomic E-state index is -0.173. The summed E-state index contributed by atoms with van der Waals surface area (Å²) in [4.78, 5) is 18.1. The standard InChI is InChI=1S/C21H18BrCl2N3O/c22-15-7-9-19-17(10-15)21(28)27(20(26-19)13-4-2-1-3-5-13)25-12-14-6-8-16(23)11-18(14)24/h6-13H,1-5H2. The van der Waals surface area contributed by atoms with Gasteiger partial charge in [-0.1, -0.05) is 64.5 Å². The van der Waals surface area contributed by atoms with Crippen molar-refractivity contribution in [2.75, 3.05) is 0 Å². The first-order valence-electron chi connectivity index (χ1n) is 9.24. The van der Waals surface area contributed by atoms with E-state index in [9.17, 15) is 4.79 Å². The van der Waals surface area contributed by atoms with E-state index < -0.39 is 0 Å². The normalized spacial score (nSPS) is 15.5. The van der Waals surface area contributed by atoms with Crippen LogP contribution in [0, 0.1) is 0 Å². The van der Waals surface area contributed by atoms with E-state index in [4.69, 9.17) is 28.2 Å². The highest BCUT2D eigenvalue weighted by Crippen LogP contribution is 2.32. The van der Waals surface area contributed by atoms with Gasteiger partial charge in [-0.3, -0.25) is 4.79 Å². The number of halogens is 3. The monoisotopic (exact) mass is 477 g/mol. The molecule has 3 aromatic rings. The van der Waals surface area contributed by atoms with Crippen LogP contribution in [0.1, 0.15) is 49.4 Å². The molecule has 1 aliphatic rings. The molecule has 0 saturated heterocycles. The van der Waals surface area contributed by atoms with Crippen molar-refractivity contribution in [3.05, 3.63) is 72.7 Å². The number of hydrogen-bond donors (Lipinski definition) is 0. The summed E-state index contributed by atoms with van der Waals surface area (Å²) in [5, 5.41) is 6.07. The molecule has 28 heavy (non-hydrogen) atoms. The smallest absolute Gasteiger partial charge is 0.267 e. The van der Waals surface area contributed by atoms with Gasteiger partial charge in [0.25, 0.3) is 5.56 Å². The van der Waals surface area contributed by atoms with E-state index in [1.807, 2.05) is 12.1 Å². The lowest BCUT2D eigenvalue weighted by atomic mass is 9.88. The van der Waals surface area contributed by atoms with Gasteiger partial charge in [-0.05, 0) is 43.2 Å². The lowest BCUT2D eigenvalue weighted by Gasteiger charge is -2.22. The number of rotatable bonds is 3. The predicted octanol–water partition coefficient (Wildman–Crippen LogP) is 6.40. The number of fused-ring (bicyclic) bond motifs is 1. The van der Waals surface area contributed by atoms with Crippen LogP contribution in [0.2, 0.25) is 10.0 Å². The van der Waals surface area contributed by atoms with Crippen LogP contribution in [0.3, 0.4) is 0 Å². The molecule has 1 fully saturated rings. The minimum Gasteiger partial charge on any atom is -0.267 e. The van der Waals surface area contributed by atoms with E-state index in [2.05, 4.69) is 21.0 Å². The Morgan fingerprint density at radius 2 is 1.89 bits per heavy atom. The third-order valence-electron chi connectivity index (χ3n) is 5.08. The molecule has 1 heterocycles. The second-order valence-corrected chi connectivity index (χ2v) is 8.75. The van der Waals surface area contributed by atoms with Crippen molar-refractivity contribution in [3.63, 3.8) is 0 Å². The SMILES string of the molecule is O=c1c2cc(Br)ccc2nc(C2CCCCC2)n1N=Cc1ccc(Cl)cc1Cl. The molecule has 144 valence electrons. The second kappa shape index (κ2) is 8.36. The fourth-order valence-corrected chi connectivity index (χ4v) is 4.45. The number of nitrogens with zero attached hydrogens (tertiary/aromatic N) is 3. The summed E-state index contributed by atoms with van der Waals surface area (Å²) in [5.41, 5.74) is 1.22. The van der Waals surface area contributed by atoms with Crippen molar-refractivity contribution in [1.29, 1.82) is 0 Å². The van der Waals surface area contributed by atoms with Crippen LogP contribution in [-0.4, -0.2) is 15.9 Å². The maximum atomic E-state index is 13.2. The summed E-state index contributed by atoms with van der Waals surface area (Å²) >= 11 is 15.7. The summed E-state index contributed by atoms with van der Waals surface area (Å²) in [6.07, 6.45) is 7.15. The lowest BCUT2D eigenvalue weighted by Crippen LogP contribution is -2.25.